The Bertz CT molecular complexity index is 290. The number of anilines is 3. The summed E-state index contributed by atoms with van der Waals surface area (Å²) < 4.78 is 4.92. The molecule has 1 heterocycles. The lowest BCUT2D eigenvalue weighted by Crippen LogP contribution is -2.07. The topological polar surface area (TPSA) is 86.2 Å². The third-order valence-corrected chi connectivity index (χ3v) is 1.79. The highest BCUT2D eigenvalue weighted by Crippen LogP contribution is 2.14. The number of hydrogen-bond acceptors (Lipinski definition) is 5. The molecule has 0 fully saturated rings. The zero-order valence-electron chi connectivity index (χ0n) is 8.29. The van der Waals surface area contributed by atoms with Gasteiger partial charge < -0.3 is 21.5 Å². The number of nitrogens with one attached hydrogen (secondary N) is 1. The van der Waals surface area contributed by atoms with Crippen LogP contribution < -0.4 is 16.8 Å². The van der Waals surface area contributed by atoms with Gasteiger partial charge in [0, 0.05) is 20.3 Å². The van der Waals surface area contributed by atoms with E-state index in [2.05, 4.69) is 10.3 Å². The predicted octanol–water partition coefficient (Wildman–Crippen LogP) is 0.694. The minimum atomic E-state index is 0.363. The number of hydrogen-bond donors (Lipinski definition) is 3. The van der Waals surface area contributed by atoms with Crippen molar-refractivity contribution in [1.29, 1.82) is 0 Å². The van der Waals surface area contributed by atoms with Crippen molar-refractivity contribution >= 4 is 17.3 Å². The molecule has 5 heteroatoms. The molecule has 0 atom stereocenters. The van der Waals surface area contributed by atoms with Crippen LogP contribution in [-0.2, 0) is 4.74 Å². The third kappa shape index (κ3) is 3.10. The van der Waals surface area contributed by atoms with Crippen molar-refractivity contribution in [3.8, 4) is 0 Å². The normalized spacial score (nSPS) is 10.1. The highest BCUT2D eigenvalue weighted by molar-refractivity contribution is 5.61. The Morgan fingerprint density at radius 2 is 2.21 bits per heavy atom. The van der Waals surface area contributed by atoms with Crippen LogP contribution in [0.2, 0.25) is 0 Å². The second-order valence-corrected chi connectivity index (χ2v) is 2.94. The van der Waals surface area contributed by atoms with Gasteiger partial charge in [0.2, 0.25) is 0 Å². The predicted molar refractivity (Wildman–Crippen MR) is 58.0 cm³/mol. The number of pyridine rings is 1. The zero-order valence-corrected chi connectivity index (χ0v) is 8.29. The second kappa shape index (κ2) is 5.29. The van der Waals surface area contributed by atoms with Crippen LogP contribution in [0.25, 0.3) is 0 Å². The van der Waals surface area contributed by atoms with Gasteiger partial charge in [-0.1, -0.05) is 0 Å². The first kappa shape index (κ1) is 10.6. The minimum Gasteiger partial charge on any atom is -0.396 e. The number of nitrogens with two attached hydrogens (primary N) is 2. The number of rotatable bonds is 5. The van der Waals surface area contributed by atoms with E-state index in [0.29, 0.717) is 11.5 Å². The monoisotopic (exact) mass is 196 g/mol. The number of methoxy groups -OCH3 is 1. The fraction of sp³-hybridized carbons (Fsp3) is 0.444. The first-order valence-electron chi connectivity index (χ1n) is 4.49. The quantitative estimate of drug-likeness (QED) is 0.603. The molecular weight excluding hydrogens is 180 g/mol. The van der Waals surface area contributed by atoms with Gasteiger partial charge in [0.15, 0.2) is 0 Å². The van der Waals surface area contributed by atoms with Gasteiger partial charge >= 0.3 is 0 Å². The van der Waals surface area contributed by atoms with Crippen LogP contribution in [0.15, 0.2) is 12.1 Å². The van der Waals surface area contributed by atoms with E-state index < -0.39 is 0 Å². The summed E-state index contributed by atoms with van der Waals surface area (Å²) >= 11 is 0. The van der Waals surface area contributed by atoms with Crippen molar-refractivity contribution in [2.75, 3.05) is 37.0 Å². The molecule has 0 unspecified atom stereocenters. The average Bonchev–Trinajstić information content (AvgIpc) is 2.18. The summed E-state index contributed by atoms with van der Waals surface area (Å²) in [6.45, 7) is 1.54. The molecule has 5 N–H and O–H groups in total. The van der Waals surface area contributed by atoms with E-state index in [9.17, 15) is 0 Å². The van der Waals surface area contributed by atoms with E-state index >= 15 is 0 Å². The lowest BCUT2D eigenvalue weighted by molar-refractivity contribution is 0.198. The molecule has 0 radical (unpaired) electrons. The number of aromatic nitrogens is 1. The summed E-state index contributed by atoms with van der Waals surface area (Å²) in [6.07, 6.45) is 0.933. The molecule has 5 nitrogen and oxygen atoms in total. The smallest absolute Gasteiger partial charge is 0.149 e. The maximum atomic E-state index is 5.55. The number of nitrogens with zero attached hydrogens (tertiary/aromatic N) is 1. The summed E-state index contributed by atoms with van der Waals surface area (Å²) in [5.41, 5.74) is 11.6. The molecule has 0 saturated carbocycles. The Balaban J connectivity index is 2.39. The molecule has 14 heavy (non-hydrogen) atoms. The van der Waals surface area contributed by atoms with Crippen LogP contribution in [0.4, 0.5) is 17.3 Å². The maximum absolute atomic E-state index is 5.55. The molecular formula is C9H16N4O. The highest BCUT2D eigenvalue weighted by Gasteiger charge is 1.97. The van der Waals surface area contributed by atoms with Gasteiger partial charge in [0.25, 0.3) is 0 Å². The molecule has 1 aromatic heterocycles. The van der Waals surface area contributed by atoms with Gasteiger partial charge in [-0.15, -0.1) is 0 Å². The van der Waals surface area contributed by atoms with E-state index in [4.69, 9.17) is 16.2 Å². The van der Waals surface area contributed by atoms with Crippen molar-refractivity contribution in [3.05, 3.63) is 12.1 Å². The summed E-state index contributed by atoms with van der Waals surface area (Å²) in [6, 6.07) is 3.54. The van der Waals surface area contributed by atoms with Gasteiger partial charge in [-0.25, -0.2) is 4.98 Å². The summed E-state index contributed by atoms with van der Waals surface area (Å²) in [5.74, 6) is 1.11. The SMILES string of the molecule is COCCCNc1ccc(N)c(N)n1. The number of nitrogen functional groups attached to an aromatic ring is 2. The molecule has 0 saturated heterocycles. The van der Waals surface area contributed by atoms with Crippen LogP contribution in [0.5, 0.6) is 0 Å². The van der Waals surface area contributed by atoms with Crippen molar-refractivity contribution < 1.29 is 4.74 Å². The van der Waals surface area contributed by atoms with Crippen LogP contribution in [0.1, 0.15) is 6.42 Å². The Kier molecular flexibility index (Phi) is 4.00. The van der Waals surface area contributed by atoms with Crippen LogP contribution in [-0.4, -0.2) is 25.2 Å². The van der Waals surface area contributed by atoms with Crippen molar-refractivity contribution in [1.82, 2.24) is 4.98 Å². The van der Waals surface area contributed by atoms with E-state index in [-0.39, 0.29) is 0 Å². The minimum absolute atomic E-state index is 0.363. The summed E-state index contributed by atoms with van der Waals surface area (Å²) in [5, 5.41) is 3.12. The lowest BCUT2D eigenvalue weighted by Gasteiger charge is -2.06. The molecule has 78 valence electrons. The first-order valence-corrected chi connectivity index (χ1v) is 4.49. The van der Waals surface area contributed by atoms with E-state index in [0.717, 1.165) is 25.4 Å². The number of ether oxygens (including phenoxy) is 1. The molecule has 1 rings (SSSR count). The molecule has 0 amide bonds. The van der Waals surface area contributed by atoms with Gasteiger partial charge in [-0.05, 0) is 18.6 Å². The first-order chi connectivity index (χ1) is 6.74. The van der Waals surface area contributed by atoms with Gasteiger partial charge in [-0.3, -0.25) is 0 Å². The maximum Gasteiger partial charge on any atom is 0.149 e. The fourth-order valence-electron chi connectivity index (χ4n) is 1.02. The van der Waals surface area contributed by atoms with Crippen molar-refractivity contribution in [2.45, 2.75) is 6.42 Å². The lowest BCUT2D eigenvalue weighted by atomic mass is 10.3. The van der Waals surface area contributed by atoms with Crippen molar-refractivity contribution in [2.24, 2.45) is 0 Å². The van der Waals surface area contributed by atoms with E-state index in [1.807, 2.05) is 0 Å². The van der Waals surface area contributed by atoms with Gasteiger partial charge in [0.05, 0.1) is 5.69 Å². The van der Waals surface area contributed by atoms with Crippen LogP contribution in [0.3, 0.4) is 0 Å². The average molecular weight is 196 g/mol. The summed E-state index contributed by atoms with van der Waals surface area (Å²) in [4.78, 5) is 4.07. The zero-order chi connectivity index (χ0) is 10.4. The molecule has 0 aliphatic carbocycles. The third-order valence-electron chi connectivity index (χ3n) is 1.79. The standard InChI is InChI=1S/C9H16N4O/c1-14-6-2-5-12-8-4-3-7(10)9(11)13-8/h3-4H,2,5-6,10H2,1H3,(H3,11,12,13). The van der Waals surface area contributed by atoms with E-state index in [1.165, 1.54) is 0 Å². The van der Waals surface area contributed by atoms with Crippen molar-refractivity contribution in [3.63, 3.8) is 0 Å². The Morgan fingerprint density at radius 1 is 1.43 bits per heavy atom. The Labute approximate surface area is 83.5 Å². The fourth-order valence-corrected chi connectivity index (χ4v) is 1.02. The molecule has 0 spiro atoms. The van der Waals surface area contributed by atoms with Crippen LogP contribution in [0, 0.1) is 0 Å². The van der Waals surface area contributed by atoms with Gasteiger partial charge in [0.1, 0.15) is 11.6 Å². The molecule has 0 aromatic carbocycles. The highest BCUT2D eigenvalue weighted by atomic mass is 16.5. The summed E-state index contributed by atoms with van der Waals surface area (Å²) in [7, 11) is 1.68. The Morgan fingerprint density at radius 3 is 2.86 bits per heavy atom. The molecule has 0 bridgehead atoms. The van der Waals surface area contributed by atoms with Crippen LogP contribution >= 0.6 is 0 Å². The Hall–Kier alpha value is -1.49. The molecule has 0 aliphatic rings. The molecule has 1 aromatic rings. The molecule has 0 aliphatic heterocycles. The van der Waals surface area contributed by atoms with Gasteiger partial charge in [-0.2, -0.15) is 0 Å². The largest absolute Gasteiger partial charge is 0.396 e. The van der Waals surface area contributed by atoms with E-state index in [1.54, 1.807) is 19.2 Å². The second-order valence-electron chi connectivity index (χ2n) is 2.94.